The van der Waals surface area contributed by atoms with Crippen molar-refractivity contribution in [2.75, 3.05) is 30.9 Å². The summed E-state index contributed by atoms with van der Waals surface area (Å²) in [5, 5.41) is 0. The second-order valence-corrected chi connectivity index (χ2v) is 4.92. The van der Waals surface area contributed by atoms with Crippen molar-refractivity contribution >= 4 is 21.4 Å². The van der Waals surface area contributed by atoms with Gasteiger partial charge in [-0.1, -0.05) is 0 Å². The predicted octanol–water partition coefficient (Wildman–Crippen LogP) is 0.658. The molecule has 6 nitrogen and oxygen atoms in total. The van der Waals surface area contributed by atoms with E-state index in [4.69, 9.17) is 15.2 Å². The third-order valence-corrected chi connectivity index (χ3v) is 2.45. The molecule has 0 amide bonds. The molecule has 0 bridgehead atoms. The predicted molar refractivity (Wildman–Crippen MR) is 62.4 cm³/mol. The fourth-order valence-electron chi connectivity index (χ4n) is 1.21. The average molecular weight is 246 g/mol. The lowest BCUT2D eigenvalue weighted by Gasteiger charge is -2.12. The molecule has 0 radical (unpaired) electrons. The zero-order valence-corrected chi connectivity index (χ0v) is 10.1. The molecule has 0 saturated carbocycles. The molecule has 16 heavy (non-hydrogen) atoms. The normalized spacial score (nSPS) is 10.9. The van der Waals surface area contributed by atoms with Crippen LogP contribution in [0.3, 0.4) is 0 Å². The number of nitrogens with one attached hydrogen (secondary N) is 1. The zero-order valence-electron chi connectivity index (χ0n) is 9.27. The second-order valence-electron chi connectivity index (χ2n) is 3.17. The van der Waals surface area contributed by atoms with E-state index in [2.05, 4.69) is 4.72 Å². The van der Waals surface area contributed by atoms with Gasteiger partial charge >= 0.3 is 0 Å². The third kappa shape index (κ3) is 2.93. The molecule has 1 aromatic carbocycles. The molecule has 0 aromatic heterocycles. The van der Waals surface area contributed by atoms with E-state index in [1.807, 2.05) is 0 Å². The standard InChI is InChI=1S/C9H14N2O4S/c1-14-7-4-6(11-16(3,12)13)5-8(15-2)9(7)10/h4-5,11H,10H2,1-3H3. The van der Waals surface area contributed by atoms with Crippen LogP contribution in [0.2, 0.25) is 0 Å². The minimum atomic E-state index is -3.34. The van der Waals surface area contributed by atoms with E-state index in [9.17, 15) is 8.42 Å². The molecule has 0 fully saturated rings. The van der Waals surface area contributed by atoms with Gasteiger partial charge in [0.15, 0.2) is 0 Å². The summed E-state index contributed by atoms with van der Waals surface area (Å²) in [6.07, 6.45) is 1.06. The minimum Gasteiger partial charge on any atom is -0.494 e. The maximum absolute atomic E-state index is 11.1. The summed E-state index contributed by atoms with van der Waals surface area (Å²) in [4.78, 5) is 0. The largest absolute Gasteiger partial charge is 0.494 e. The van der Waals surface area contributed by atoms with Gasteiger partial charge < -0.3 is 15.2 Å². The Morgan fingerprint density at radius 3 is 1.94 bits per heavy atom. The van der Waals surface area contributed by atoms with E-state index in [0.717, 1.165) is 6.26 Å². The number of sulfonamides is 1. The number of hydrogen-bond donors (Lipinski definition) is 2. The first-order valence-corrected chi connectivity index (χ1v) is 6.26. The van der Waals surface area contributed by atoms with Crippen LogP contribution in [0.15, 0.2) is 12.1 Å². The number of methoxy groups -OCH3 is 2. The van der Waals surface area contributed by atoms with Crippen molar-refractivity contribution in [2.45, 2.75) is 0 Å². The fraction of sp³-hybridized carbons (Fsp3) is 0.333. The van der Waals surface area contributed by atoms with Crippen LogP contribution in [0.4, 0.5) is 11.4 Å². The van der Waals surface area contributed by atoms with Gasteiger partial charge in [-0.25, -0.2) is 8.42 Å². The topological polar surface area (TPSA) is 90.6 Å². The molecule has 0 atom stereocenters. The highest BCUT2D eigenvalue weighted by Gasteiger charge is 2.11. The lowest BCUT2D eigenvalue weighted by molar-refractivity contribution is 0.399. The number of nitrogens with two attached hydrogens (primary N) is 1. The summed E-state index contributed by atoms with van der Waals surface area (Å²) in [6.45, 7) is 0. The van der Waals surface area contributed by atoms with E-state index in [1.54, 1.807) is 0 Å². The number of ether oxygens (including phenoxy) is 2. The van der Waals surface area contributed by atoms with Gasteiger partial charge in [-0.3, -0.25) is 4.72 Å². The van der Waals surface area contributed by atoms with Crippen LogP contribution in [0.25, 0.3) is 0 Å². The second kappa shape index (κ2) is 4.48. The first-order chi connectivity index (χ1) is 7.37. The average Bonchev–Trinajstić information content (AvgIpc) is 2.18. The van der Waals surface area contributed by atoms with E-state index in [-0.39, 0.29) is 0 Å². The number of benzene rings is 1. The van der Waals surface area contributed by atoms with Crippen molar-refractivity contribution in [2.24, 2.45) is 0 Å². The summed E-state index contributed by atoms with van der Waals surface area (Å²) < 4.78 is 34.4. The molecule has 0 aliphatic heterocycles. The highest BCUT2D eigenvalue weighted by atomic mass is 32.2. The van der Waals surface area contributed by atoms with Crippen molar-refractivity contribution < 1.29 is 17.9 Å². The van der Waals surface area contributed by atoms with Crippen LogP contribution in [0.1, 0.15) is 0 Å². The van der Waals surface area contributed by atoms with Crippen LogP contribution >= 0.6 is 0 Å². The van der Waals surface area contributed by atoms with Gasteiger partial charge in [-0.15, -0.1) is 0 Å². The molecule has 7 heteroatoms. The summed E-state index contributed by atoms with van der Waals surface area (Å²) in [6, 6.07) is 2.97. The zero-order chi connectivity index (χ0) is 12.3. The fourth-order valence-corrected chi connectivity index (χ4v) is 1.76. The summed E-state index contributed by atoms with van der Waals surface area (Å²) in [5.41, 5.74) is 6.37. The molecule has 0 aliphatic carbocycles. The van der Waals surface area contributed by atoms with E-state index >= 15 is 0 Å². The maximum atomic E-state index is 11.1. The van der Waals surface area contributed by atoms with Crippen LogP contribution in [-0.2, 0) is 10.0 Å². The molecule has 90 valence electrons. The van der Waals surface area contributed by atoms with Crippen molar-refractivity contribution in [1.29, 1.82) is 0 Å². The minimum absolute atomic E-state index is 0.323. The van der Waals surface area contributed by atoms with E-state index in [1.165, 1.54) is 26.4 Å². The highest BCUT2D eigenvalue weighted by Crippen LogP contribution is 2.35. The van der Waals surface area contributed by atoms with Crippen molar-refractivity contribution in [3.8, 4) is 11.5 Å². The molecular formula is C9H14N2O4S. The Morgan fingerprint density at radius 1 is 1.19 bits per heavy atom. The molecular weight excluding hydrogens is 232 g/mol. The molecule has 0 unspecified atom stereocenters. The first kappa shape index (κ1) is 12.4. The highest BCUT2D eigenvalue weighted by molar-refractivity contribution is 7.92. The molecule has 0 aliphatic rings. The summed E-state index contributed by atoms with van der Waals surface area (Å²) in [7, 11) is -0.462. The van der Waals surface area contributed by atoms with Crippen molar-refractivity contribution in [3.63, 3.8) is 0 Å². The number of anilines is 2. The van der Waals surface area contributed by atoms with E-state index in [0.29, 0.717) is 22.9 Å². The van der Waals surface area contributed by atoms with Crippen LogP contribution in [0.5, 0.6) is 11.5 Å². The van der Waals surface area contributed by atoms with Gasteiger partial charge in [0.05, 0.1) is 26.2 Å². The van der Waals surface area contributed by atoms with E-state index < -0.39 is 10.0 Å². The van der Waals surface area contributed by atoms with Crippen LogP contribution in [0, 0.1) is 0 Å². The monoisotopic (exact) mass is 246 g/mol. The molecule has 0 spiro atoms. The number of nitrogen functional groups attached to an aromatic ring is 1. The summed E-state index contributed by atoms with van der Waals surface area (Å²) >= 11 is 0. The Morgan fingerprint density at radius 2 is 1.62 bits per heavy atom. The molecule has 1 rings (SSSR count). The van der Waals surface area contributed by atoms with Crippen LogP contribution in [-0.4, -0.2) is 28.9 Å². The Bertz CT molecular complexity index is 459. The molecule has 0 saturated heterocycles. The van der Waals surface area contributed by atoms with Gasteiger partial charge in [0, 0.05) is 12.1 Å². The van der Waals surface area contributed by atoms with Crippen molar-refractivity contribution in [1.82, 2.24) is 0 Å². The van der Waals surface area contributed by atoms with Gasteiger partial charge in [0.1, 0.15) is 17.2 Å². The van der Waals surface area contributed by atoms with Gasteiger partial charge in [0.25, 0.3) is 0 Å². The molecule has 0 heterocycles. The van der Waals surface area contributed by atoms with Crippen molar-refractivity contribution in [3.05, 3.63) is 12.1 Å². The lowest BCUT2D eigenvalue weighted by Crippen LogP contribution is -2.10. The Hall–Kier alpha value is -1.63. The Labute approximate surface area is 94.4 Å². The van der Waals surface area contributed by atoms with Gasteiger partial charge in [-0.2, -0.15) is 0 Å². The maximum Gasteiger partial charge on any atom is 0.229 e. The first-order valence-electron chi connectivity index (χ1n) is 4.36. The number of rotatable bonds is 4. The van der Waals surface area contributed by atoms with Gasteiger partial charge in [-0.05, 0) is 0 Å². The molecule has 1 aromatic rings. The Kier molecular flexibility index (Phi) is 3.48. The smallest absolute Gasteiger partial charge is 0.229 e. The third-order valence-electron chi connectivity index (χ3n) is 1.85. The SMILES string of the molecule is COc1cc(NS(C)(=O)=O)cc(OC)c1N. The summed E-state index contributed by atoms with van der Waals surface area (Å²) in [5.74, 6) is 0.705. The lowest BCUT2D eigenvalue weighted by atomic mass is 10.2. The molecule has 3 N–H and O–H groups in total. The number of hydrogen-bond acceptors (Lipinski definition) is 5. The van der Waals surface area contributed by atoms with Gasteiger partial charge in [0.2, 0.25) is 10.0 Å². The Balaban J connectivity index is 3.22. The van der Waals surface area contributed by atoms with Crippen LogP contribution < -0.4 is 19.9 Å². The quantitative estimate of drug-likeness (QED) is 0.761.